The fourth-order valence-electron chi connectivity index (χ4n) is 2.51. The normalized spacial score (nSPS) is 21.9. The lowest BCUT2D eigenvalue weighted by Gasteiger charge is -2.33. The van der Waals surface area contributed by atoms with Gasteiger partial charge in [-0.25, -0.2) is 0 Å². The van der Waals surface area contributed by atoms with Crippen molar-refractivity contribution < 1.29 is 0 Å². The second-order valence-electron chi connectivity index (χ2n) is 5.76. The molecule has 0 spiro atoms. The molecule has 1 fully saturated rings. The number of likely N-dealkylation sites (tertiary alicyclic amines) is 1. The minimum Gasteiger partial charge on any atom is -0.312 e. The molecule has 1 rings (SSSR count). The van der Waals surface area contributed by atoms with E-state index in [1.807, 2.05) is 0 Å². The SMILES string of the molecule is CC(C)C(CNC1CCN(C)CC1)N(C)C. The third-order valence-corrected chi connectivity index (χ3v) is 3.77. The lowest BCUT2D eigenvalue weighted by atomic mass is 10.0. The maximum Gasteiger partial charge on any atom is 0.0237 e. The van der Waals surface area contributed by atoms with Crippen LogP contribution in [0.4, 0.5) is 0 Å². The lowest BCUT2D eigenvalue weighted by Crippen LogP contribution is -2.47. The first-order valence-corrected chi connectivity index (χ1v) is 6.59. The van der Waals surface area contributed by atoms with E-state index in [9.17, 15) is 0 Å². The second kappa shape index (κ2) is 6.58. The predicted octanol–water partition coefficient (Wildman–Crippen LogP) is 1.26. The molecule has 0 saturated carbocycles. The Bertz CT molecular complexity index is 176. The van der Waals surface area contributed by atoms with Crippen LogP contribution < -0.4 is 5.32 Å². The van der Waals surface area contributed by atoms with Crippen molar-refractivity contribution in [3.8, 4) is 0 Å². The van der Waals surface area contributed by atoms with Crippen molar-refractivity contribution >= 4 is 0 Å². The first-order chi connectivity index (χ1) is 7.50. The molecule has 3 heteroatoms. The summed E-state index contributed by atoms with van der Waals surface area (Å²) in [6.07, 6.45) is 2.60. The summed E-state index contributed by atoms with van der Waals surface area (Å²) >= 11 is 0. The summed E-state index contributed by atoms with van der Waals surface area (Å²) in [5.74, 6) is 0.716. The van der Waals surface area contributed by atoms with Crippen LogP contribution in [0.2, 0.25) is 0 Å². The van der Waals surface area contributed by atoms with Crippen LogP contribution in [-0.2, 0) is 0 Å². The minimum atomic E-state index is 0.652. The van der Waals surface area contributed by atoms with Gasteiger partial charge in [0.25, 0.3) is 0 Å². The van der Waals surface area contributed by atoms with E-state index in [4.69, 9.17) is 0 Å². The van der Waals surface area contributed by atoms with Gasteiger partial charge in [-0.15, -0.1) is 0 Å². The van der Waals surface area contributed by atoms with Crippen molar-refractivity contribution in [1.29, 1.82) is 0 Å². The van der Waals surface area contributed by atoms with Crippen LogP contribution in [0.3, 0.4) is 0 Å². The number of hydrogen-bond acceptors (Lipinski definition) is 3. The quantitative estimate of drug-likeness (QED) is 0.763. The van der Waals surface area contributed by atoms with Gasteiger partial charge >= 0.3 is 0 Å². The van der Waals surface area contributed by atoms with E-state index >= 15 is 0 Å². The smallest absolute Gasteiger partial charge is 0.0237 e. The molecule has 0 aromatic rings. The van der Waals surface area contributed by atoms with Gasteiger partial charge in [-0.3, -0.25) is 0 Å². The number of nitrogens with zero attached hydrogens (tertiary/aromatic N) is 2. The molecule has 3 nitrogen and oxygen atoms in total. The molecule has 0 aliphatic carbocycles. The maximum atomic E-state index is 3.74. The molecule has 0 aromatic carbocycles. The lowest BCUT2D eigenvalue weighted by molar-refractivity contribution is 0.193. The first-order valence-electron chi connectivity index (χ1n) is 6.59. The Morgan fingerprint density at radius 1 is 1.25 bits per heavy atom. The van der Waals surface area contributed by atoms with Crippen molar-refractivity contribution in [2.75, 3.05) is 40.8 Å². The van der Waals surface area contributed by atoms with Crippen LogP contribution in [-0.4, -0.2) is 62.7 Å². The van der Waals surface area contributed by atoms with Gasteiger partial charge < -0.3 is 15.1 Å². The van der Waals surface area contributed by atoms with E-state index < -0.39 is 0 Å². The fraction of sp³-hybridized carbons (Fsp3) is 1.00. The molecule has 0 aromatic heterocycles. The molecule has 1 atom stereocenters. The standard InChI is InChI=1S/C13H29N3/c1-11(2)13(15(3)4)10-14-12-6-8-16(5)9-7-12/h11-14H,6-10H2,1-5H3. The summed E-state index contributed by atoms with van der Waals surface area (Å²) in [6, 6.07) is 1.39. The zero-order valence-electron chi connectivity index (χ0n) is 11.7. The van der Waals surface area contributed by atoms with Gasteiger partial charge in [0.05, 0.1) is 0 Å². The van der Waals surface area contributed by atoms with E-state index in [0.717, 1.165) is 12.6 Å². The molecule has 1 aliphatic rings. The second-order valence-corrected chi connectivity index (χ2v) is 5.76. The average Bonchev–Trinajstić information content (AvgIpc) is 2.20. The zero-order chi connectivity index (χ0) is 12.1. The molecule has 0 amide bonds. The molecule has 1 N–H and O–H groups in total. The van der Waals surface area contributed by atoms with Gasteiger partial charge in [0.2, 0.25) is 0 Å². The number of likely N-dealkylation sites (N-methyl/N-ethyl adjacent to an activating group) is 1. The monoisotopic (exact) mass is 227 g/mol. The van der Waals surface area contributed by atoms with E-state index in [-0.39, 0.29) is 0 Å². The van der Waals surface area contributed by atoms with Crippen LogP contribution in [0.15, 0.2) is 0 Å². The van der Waals surface area contributed by atoms with Crippen molar-refractivity contribution in [3.05, 3.63) is 0 Å². The van der Waals surface area contributed by atoms with Gasteiger partial charge in [-0.2, -0.15) is 0 Å². The van der Waals surface area contributed by atoms with Crippen molar-refractivity contribution in [3.63, 3.8) is 0 Å². The highest BCUT2D eigenvalue weighted by atomic mass is 15.1. The largest absolute Gasteiger partial charge is 0.312 e. The van der Waals surface area contributed by atoms with Crippen LogP contribution >= 0.6 is 0 Å². The van der Waals surface area contributed by atoms with E-state index in [0.29, 0.717) is 12.0 Å². The summed E-state index contributed by atoms with van der Waals surface area (Å²) in [7, 11) is 6.58. The summed E-state index contributed by atoms with van der Waals surface area (Å²) in [5.41, 5.74) is 0. The van der Waals surface area contributed by atoms with Gasteiger partial charge in [0.1, 0.15) is 0 Å². The van der Waals surface area contributed by atoms with Gasteiger partial charge in [0.15, 0.2) is 0 Å². The molecule has 0 bridgehead atoms. The summed E-state index contributed by atoms with van der Waals surface area (Å²) in [4.78, 5) is 4.76. The Kier molecular flexibility index (Phi) is 5.73. The van der Waals surface area contributed by atoms with Gasteiger partial charge in [-0.1, -0.05) is 13.8 Å². The molecule has 16 heavy (non-hydrogen) atoms. The van der Waals surface area contributed by atoms with E-state index in [2.05, 4.69) is 50.1 Å². The van der Waals surface area contributed by atoms with E-state index in [1.165, 1.54) is 25.9 Å². The van der Waals surface area contributed by atoms with Crippen molar-refractivity contribution in [2.45, 2.75) is 38.8 Å². The highest BCUT2D eigenvalue weighted by Gasteiger charge is 2.20. The van der Waals surface area contributed by atoms with Crippen molar-refractivity contribution in [1.82, 2.24) is 15.1 Å². The molecule has 0 radical (unpaired) electrons. The average molecular weight is 227 g/mol. The highest BCUT2D eigenvalue weighted by Crippen LogP contribution is 2.10. The highest BCUT2D eigenvalue weighted by molar-refractivity contribution is 4.79. The van der Waals surface area contributed by atoms with Gasteiger partial charge in [-0.05, 0) is 53.0 Å². The molecule has 1 unspecified atom stereocenters. The first kappa shape index (κ1) is 13.9. The summed E-state index contributed by atoms with van der Waals surface area (Å²) in [6.45, 7) is 8.22. The topological polar surface area (TPSA) is 18.5 Å². The Morgan fingerprint density at radius 3 is 2.25 bits per heavy atom. The summed E-state index contributed by atoms with van der Waals surface area (Å²) < 4.78 is 0. The Labute approximate surface area is 101 Å². The van der Waals surface area contributed by atoms with Crippen LogP contribution in [0.25, 0.3) is 0 Å². The number of hydrogen-bond donors (Lipinski definition) is 1. The predicted molar refractivity (Wildman–Crippen MR) is 70.8 cm³/mol. The molecule has 1 saturated heterocycles. The van der Waals surface area contributed by atoms with Crippen molar-refractivity contribution in [2.24, 2.45) is 5.92 Å². The number of nitrogens with one attached hydrogen (secondary N) is 1. The number of rotatable bonds is 5. The molecular formula is C13H29N3. The third-order valence-electron chi connectivity index (χ3n) is 3.77. The van der Waals surface area contributed by atoms with Gasteiger partial charge in [0, 0.05) is 18.6 Å². The molecule has 1 heterocycles. The molecule has 1 aliphatic heterocycles. The van der Waals surface area contributed by atoms with E-state index in [1.54, 1.807) is 0 Å². The van der Waals surface area contributed by atoms with Crippen LogP contribution in [0.1, 0.15) is 26.7 Å². The van der Waals surface area contributed by atoms with Crippen LogP contribution in [0, 0.1) is 5.92 Å². The molecular weight excluding hydrogens is 198 g/mol. The summed E-state index contributed by atoms with van der Waals surface area (Å²) in [5, 5.41) is 3.74. The minimum absolute atomic E-state index is 0.652. The Morgan fingerprint density at radius 2 is 1.81 bits per heavy atom. The zero-order valence-corrected chi connectivity index (χ0v) is 11.7. The number of piperidine rings is 1. The third kappa shape index (κ3) is 4.40. The Hall–Kier alpha value is -0.120. The maximum absolute atomic E-state index is 3.74. The molecule has 96 valence electrons. The van der Waals surface area contributed by atoms with Crippen LogP contribution in [0.5, 0.6) is 0 Å². The Balaban J connectivity index is 2.27. The fourth-order valence-corrected chi connectivity index (χ4v) is 2.51.